The summed E-state index contributed by atoms with van der Waals surface area (Å²) >= 11 is 0. The molecule has 168 valence electrons. The molecule has 0 atom stereocenters. The van der Waals surface area contributed by atoms with Gasteiger partial charge in [-0.15, -0.1) is 0 Å². The van der Waals surface area contributed by atoms with Gasteiger partial charge in [-0.3, -0.25) is 19.0 Å². The average Bonchev–Trinajstić information content (AvgIpc) is 3.19. The number of carbonyl (C=O) groups excluding carboxylic acids is 2. The largest absolute Gasteiger partial charge is 0.332 e. The molecule has 0 aliphatic heterocycles. The molecule has 0 saturated heterocycles. The molecule has 0 aliphatic carbocycles. The van der Waals surface area contributed by atoms with E-state index in [1.807, 2.05) is 18.2 Å². The number of amides is 2. The number of rotatable bonds is 5. The molecule has 0 saturated carbocycles. The van der Waals surface area contributed by atoms with E-state index in [0.29, 0.717) is 22.5 Å². The van der Waals surface area contributed by atoms with Crippen LogP contribution < -0.4 is 21.9 Å². The summed E-state index contributed by atoms with van der Waals surface area (Å²) < 4.78 is 3.59. The lowest BCUT2D eigenvalue weighted by molar-refractivity contribution is -0.116. The lowest BCUT2D eigenvalue weighted by Gasteiger charge is -2.13. The molecule has 2 aromatic heterocycles. The van der Waals surface area contributed by atoms with Crippen LogP contribution in [0, 0.1) is 6.92 Å². The van der Waals surface area contributed by atoms with Crippen molar-refractivity contribution in [2.45, 2.75) is 13.5 Å². The Kier molecular flexibility index (Phi) is 5.65. The first-order chi connectivity index (χ1) is 15.8. The molecule has 0 radical (unpaired) electrons. The number of aromatic nitrogens is 4. The fraction of sp³-hybridized carbons (Fsp3) is 0.174. The zero-order valence-corrected chi connectivity index (χ0v) is 18.3. The number of hydrogen-bond donors (Lipinski definition) is 2. The van der Waals surface area contributed by atoms with Crippen LogP contribution in [-0.2, 0) is 25.4 Å². The van der Waals surface area contributed by atoms with Crippen molar-refractivity contribution in [3.8, 4) is 0 Å². The first-order valence-electron chi connectivity index (χ1n) is 10.1. The Hall–Kier alpha value is -4.47. The van der Waals surface area contributed by atoms with E-state index in [0.717, 1.165) is 4.57 Å². The van der Waals surface area contributed by atoms with Gasteiger partial charge in [0.05, 0.1) is 6.33 Å². The molecular formula is C23H22N6O4. The predicted molar refractivity (Wildman–Crippen MR) is 124 cm³/mol. The number of imidazole rings is 1. The molecule has 10 nitrogen and oxygen atoms in total. The van der Waals surface area contributed by atoms with Crippen molar-refractivity contribution in [1.29, 1.82) is 0 Å². The van der Waals surface area contributed by atoms with Gasteiger partial charge in [-0.25, -0.2) is 14.3 Å². The molecule has 4 aromatic rings. The van der Waals surface area contributed by atoms with Crippen LogP contribution in [0.2, 0.25) is 0 Å². The van der Waals surface area contributed by atoms with E-state index in [2.05, 4.69) is 15.6 Å². The minimum absolute atomic E-state index is 0.223. The molecule has 0 aliphatic rings. The van der Waals surface area contributed by atoms with Crippen molar-refractivity contribution in [2.75, 3.05) is 10.6 Å². The molecular weight excluding hydrogens is 424 g/mol. The third-order valence-electron chi connectivity index (χ3n) is 5.39. The number of para-hydroxylation sites is 1. The second-order valence-corrected chi connectivity index (χ2v) is 7.61. The highest BCUT2D eigenvalue weighted by Crippen LogP contribution is 2.20. The van der Waals surface area contributed by atoms with Crippen molar-refractivity contribution in [1.82, 2.24) is 18.7 Å². The van der Waals surface area contributed by atoms with E-state index >= 15 is 0 Å². The number of nitrogens with zero attached hydrogens (tertiary/aromatic N) is 4. The highest BCUT2D eigenvalue weighted by molar-refractivity contribution is 6.06. The van der Waals surface area contributed by atoms with Crippen LogP contribution in [0.15, 0.2) is 64.4 Å². The van der Waals surface area contributed by atoms with Gasteiger partial charge in [0.1, 0.15) is 6.54 Å². The maximum absolute atomic E-state index is 12.8. The van der Waals surface area contributed by atoms with E-state index < -0.39 is 23.7 Å². The zero-order chi connectivity index (χ0) is 23.7. The van der Waals surface area contributed by atoms with Gasteiger partial charge in [0.15, 0.2) is 11.2 Å². The molecule has 4 rings (SSSR count). The number of aryl methyl sites for hydroxylation is 2. The van der Waals surface area contributed by atoms with Crippen LogP contribution >= 0.6 is 0 Å². The quantitative estimate of drug-likeness (QED) is 0.483. The van der Waals surface area contributed by atoms with Gasteiger partial charge in [0.25, 0.3) is 11.5 Å². The fourth-order valence-electron chi connectivity index (χ4n) is 3.61. The number of hydrogen-bond acceptors (Lipinski definition) is 5. The van der Waals surface area contributed by atoms with Gasteiger partial charge in [-0.1, -0.05) is 24.3 Å². The Labute approximate surface area is 188 Å². The predicted octanol–water partition coefficient (Wildman–Crippen LogP) is 1.63. The summed E-state index contributed by atoms with van der Waals surface area (Å²) in [7, 11) is 3.13. The number of benzene rings is 2. The number of nitrogens with one attached hydrogen (secondary N) is 2. The monoisotopic (exact) mass is 446 g/mol. The van der Waals surface area contributed by atoms with Crippen LogP contribution in [0.25, 0.3) is 11.2 Å². The van der Waals surface area contributed by atoms with Gasteiger partial charge >= 0.3 is 5.69 Å². The Morgan fingerprint density at radius 1 is 0.970 bits per heavy atom. The third-order valence-corrected chi connectivity index (χ3v) is 5.39. The molecule has 2 amide bonds. The van der Waals surface area contributed by atoms with E-state index in [-0.39, 0.29) is 17.1 Å². The smallest absolute Gasteiger partial charge is 0.328 e. The summed E-state index contributed by atoms with van der Waals surface area (Å²) in [5, 5.41) is 5.51. The van der Waals surface area contributed by atoms with Gasteiger partial charge in [0, 0.05) is 31.0 Å². The lowest BCUT2D eigenvalue weighted by Crippen LogP contribution is -2.42. The van der Waals surface area contributed by atoms with Gasteiger partial charge in [-0.2, -0.15) is 0 Å². The Morgan fingerprint density at radius 2 is 1.70 bits per heavy atom. The third kappa shape index (κ3) is 4.05. The van der Waals surface area contributed by atoms with Gasteiger partial charge in [0.2, 0.25) is 5.91 Å². The van der Waals surface area contributed by atoms with E-state index in [1.165, 1.54) is 22.5 Å². The first-order valence-corrected chi connectivity index (χ1v) is 10.1. The summed E-state index contributed by atoms with van der Waals surface area (Å²) in [6.45, 7) is 1.23. The molecule has 10 heteroatoms. The minimum atomic E-state index is -0.644. The van der Waals surface area contributed by atoms with Crippen LogP contribution in [-0.4, -0.2) is 30.5 Å². The molecule has 0 unspecified atom stereocenters. The molecule has 0 bridgehead atoms. The SMILES string of the molecule is Cc1c(NC(=O)Cn2c(=O)c3c(ncn3C)n(C)c2=O)cccc1C(=O)Nc1ccccc1. The van der Waals surface area contributed by atoms with Crippen LogP contribution in [0.4, 0.5) is 11.4 Å². The van der Waals surface area contributed by atoms with Crippen molar-refractivity contribution in [3.63, 3.8) is 0 Å². The molecule has 0 fully saturated rings. The van der Waals surface area contributed by atoms with Crippen LogP contribution in [0.1, 0.15) is 15.9 Å². The molecule has 2 heterocycles. The second kappa shape index (κ2) is 8.58. The molecule has 2 N–H and O–H groups in total. The van der Waals surface area contributed by atoms with Crippen LogP contribution in [0.3, 0.4) is 0 Å². The highest BCUT2D eigenvalue weighted by Gasteiger charge is 2.18. The summed E-state index contributed by atoms with van der Waals surface area (Å²) in [4.78, 5) is 54.9. The molecule has 2 aromatic carbocycles. The number of anilines is 2. The topological polar surface area (TPSA) is 120 Å². The van der Waals surface area contributed by atoms with Crippen LogP contribution in [0.5, 0.6) is 0 Å². The van der Waals surface area contributed by atoms with Crippen molar-refractivity contribution in [2.24, 2.45) is 14.1 Å². The van der Waals surface area contributed by atoms with E-state index in [1.54, 1.807) is 44.3 Å². The maximum atomic E-state index is 12.8. The highest BCUT2D eigenvalue weighted by atomic mass is 16.2. The summed E-state index contributed by atoms with van der Waals surface area (Å²) in [6, 6.07) is 14.0. The van der Waals surface area contributed by atoms with Gasteiger partial charge in [-0.05, 0) is 36.8 Å². The number of fused-ring (bicyclic) bond motifs is 1. The van der Waals surface area contributed by atoms with E-state index in [9.17, 15) is 19.2 Å². The summed E-state index contributed by atoms with van der Waals surface area (Å²) in [5.41, 5.74) is 1.23. The Bertz CT molecular complexity index is 1500. The average molecular weight is 446 g/mol. The van der Waals surface area contributed by atoms with Crippen molar-refractivity contribution >= 4 is 34.4 Å². The van der Waals surface area contributed by atoms with Crippen molar-refractivity contribution < 1.29 is 9.59 Å². The van der Waals surface area contributed by atoms with Crippen molar-refractivity contribution in [3.05, 3.63) is 86.8 Å². The lowest BCUT2D eigenvalue weighted by atomic mass is 10.1. The van der Waals surface area contributed by atoms with E-state index in [4.69, 9.17) is 0 Å². The standard InChI is InChI=1S/C23H22N6O4/c1-14-16(21(31)25-15-8-5-4-6-9-15)10-7-11-17(14)26-18(30)12-29-22(32)19-20(24-13-27(19)2)28(3)23(29)33/h4-11,13H,12H2,1-3H3,(H,25,31)(H,26,30). The molecule has 33 heavy (non-hydrogen) atoms. The maximum Gasteiger partial charge on any atom is 0.332 e. The summed E-state index contributed by atoms with van der Waals surface area (Å²) in [5.74, 6) is -0.888. The molecule has 0 spiro atoms. The Morgan fingerprint density at radius 3 is 2.42 bits per heavy atom. The van der Waals surface area contributed by atoms with Gasteiger partial charge < -0.3 is 15.2 Å². The minimum Gasteiger partial charge on any atom is -0.328 e. The number of carbonyl (C=O) groups is 2. The normalized spacial score (nSPS) is 10.9. The first kappa shape index (κ1) is 21.8. The fourth-order valence-corrected chi connectivity index (χ4v) is 3.61. The second-order valence-electron chi connectivity index (χ2n) is 7.61. The summed E-state index contributed by atoms with van der Waals surface area (Å²) in [6.07, 6.45) is 1.44. The Balaban J connectivity index is 1.58. The zero-order valence-electron chi connectivity index (χ0n) is 18.3.